The molecule has 108 valence electrons. The minimum absolute atomic E-state index is 0.0308. The number of rotatable bonds is 3. The van der Waals surface area contributed by atoms with Gasteiger partial charge in [-0.2, -0.15) is 0 Å². The van der Waals surface area contributed by atoms with E-state index in [-0.39, 0.29) is 23.5 Å². The van der Waals surface area contributed by atoms with E-state index in [0.29, 0.717) is 13.0 Å². The molecule has 0 radical (unpaired) electrons. The van der Waals surface area contributed by atoms with Crippen molar-refractivity contribution in [2.45, 2.75) is 12.3 Å². The number of para-hydroxylation sites is 1. The summed E-state index contributed by atoms with van der Waals surface area (Å²) in [6, 6.07) is 7.74. The van der Waals surface area contributed by atoms with Crippen LogP contribution in [0.4, 0.5) is 5.69 Å². The Morgan fingerprint density at radius 1 is 1.48 bits per heavy atom. The summed E-state index contributed by atoms with van der Waals surface area (Å²) < 4.78 is 4.94. The Bertz CT molecular complexity index is 667. The predicted molar refractivity (Wildman–Crippen MR) is 76.0 cm³/mol. The summed E-state index contributed by atoms with van der Waals surface area (Å²) in [5.74, 6) is -0.136. The van der Waals surface area contributed by atoms with Crippen LogP contribution in [-0.4, -0.2) is 30.4 Å². The SMILES string of the molecule is CN1C(=O)C[C@H](CNC(=O)c2cnco2)c2ccccc21. The van der Waals surface area contributed by atoms with E-state index in [1.165, 1.54) is 12.6 Å². The molecule has 1 aliphatic rings. The number of hydrogen-bond donors (Lipinski definition) is 1. The Labute approximate surface area is 121 Å². The molecule has 6 nitrogen and oxygen atoms in total. The largest absolute Gasteiger partial charge is 0.438 e. The van der Waals surface area contributed by atoms with Gasteiger partial charge in [-0.15, -0.1) is 0 Å². The van der Waals surface area contributed by atoms with E-state index in [4.69, 9.17) is 4.42 Å². The number of fused-ring (bicyclic) bond motifs is 1. The van der Waals surface area contributed by atoms with Crippen molar-refractivity contribution in [1.82, 2.24) is 10.3 Å². The summed E-state index contributed by atoms with van der Waals surface area (Å²) in [5.41, 5.74) is 1.96. The van der Waals surface area contributed by atoms with Crippen LogP contribution in [0.5, 0.6) is 0 Å². The second-order valence-electron chi connectivity index (χ2n) is 4.99. The molecule has 0 bridgehead atoms. The van der Waals surface area contributed by atoms with Crippen LogP contribution >= 0.6 is 0 Å². The van der Waals surface area contributed by atoms with Crippen molar-refractivity contribution in [2.75, 3.05) is 18.5 Å². The minimum atomic E-state index is -0.323. The minimum Gasteiger partial charge on any atom is -0.438 e. The Kier molecular flexibility index (Phi) is 3.43. The highest BCUT2D eigenvalue weighted by atomic mass is 16.3. The van der Waals surface area contributed by atoms with Gasteiger partial charge in [0, 0.05) is 31.6 Å². The van der Waals surface area contributed by atoms with Crippen LogP contribution in [0.2, 0.25) is 0 Å². The van der Waals surface area contributed by atoms with Crippen LogP contribution in [-0.2, 0) is 4.79 Å². The number of benzene rings is 1. The molecule has 1 aliphatic heterocycles. The Balaban J connectivity index is 1.75. The molecule has 21 heavy (non-hydrogen) atoms. The predicted octanol–water partition coefficient (Wildman–Crippen LogP) is 1.55. The maximum Gasteiger partial charge on any atom is 0.288 e. The zero-order valence-electron chi connectivity index (χ0n) is 11.6. The zero-order valence-corrected chi connectivity index (χ0v) is 11.6. The molecule has 2 heterocycles. The number of hydrogen-bond acceptors (Lipinski definition) is 4. The van der Waals surface area contributed by atoms with Crippen LogP contribution in [0.25, 0.3) is 0 Å². The summed E-state index contributed by atoms with van der Waals surface area (Å²) in [7, 11) is 1.77. The first kappa shape index (κ1) is 13.4. The van der Waals surface area contributed by atoms with E-state index in [2.05, 4.69) is 10.3 Å². The van der Waals surface area contributed by atoms with Crippen LogP contribution in [0, 0.1) is 0 Å². The second-order valence-corrected chi connectivity index (χ2v) is 4.99. The van der Waals surface area contributed by atoms with Gasteiger partial charge in [0.05, 0.1) is 6.20 Å². The van der Waals surface area contributed by atoms with Gasteiger partial charge in [-0.3, -0.25) is 9.59 Å². The Morgan fingerprint density at radius 2 is 2.29 bits per heavy atom. The molecule has 0 saturated carbocycles. The smallest absolute Gasteiger partial charge is 0.288 e. The maximum absolute atomic E-state index is 12.0. The van der Waals surface area contributed by atoms with Crippen molar-refractivity contribution in [2.24, 2.45) is 0 Å². The molecule has 1 aromatic heterocycles. The zero-order chi connectivity index (χ0) is 14.8. The van der Waals surface area contributed by atoms with Crippen molar-refractivity contribution in [3.8, 4) is 0 Å². The average molecular weight is 285 g/mol. The highest BCUT2D eigenvalue weighted by Crippen LogP contribution is 2.34. The molecule has 0 spiro atoms. The lowest BCUT2D eigenvalue weighted by atomic mass is 9.89. The lowest BCUT2D eigenvalue weighted by Crippen LogP contribution is -2.37. The van der Waals surface area contributed by atoms with E-state index in [9.17, 15) is 9.59 Å². The normalized spacial score (nSPS) is 17.5. The number of oxazole rings is 1. The molecular weight excluding hydrogens is 270 g/mol. The van der Waals surface area contributed by atoms with E-state index in [1.54, 1.807) is 11.9 Å². The topological polar surface area (TPSA) is 75.4 Å². The molecule has 1 aromatic carbocycles. The third-order valence-electron chi connectivity index (χ3n) is 3.70. The summed E-state index contributed by atoms with van der Waals surface area (Å²) in [6.45, 7) is 0.385. The van der Waals surface area contributed by atoms with Gasteiger partial charge in [-0.1, -0.05) is 18.2 Å². The molecule has 1 atom stereocenters. The molecule has 3 rings (SSSR count). The molecule has 0 fully saturated rings. The first-order valence-corrected chi connectivity index (χ1v) is 6.69. The molecule has 0 unspecified atom stereocenters. The van der Waals surface area contributed by atoms with Crippen molar-refractivity contribution >= 4 is 17.5 Å². The van der Waals surface area contributed by atoms with Gasteiger partial charge in [0.25, 0.3) is 5.91 Å². The standard InChI is InChI=1S/C15H15N3O3/c1-18-12-5-3-2-4-11(12)10(6-14(18)19)7-17-15(20)13-8-16-9-21-13/h2-5,8-10H,6-7H2,1H3,(H,17,20)/t10-/m1/s1. The van der Waals surface area contributed by atoms with E-state index in [1.807, 2.05) is 24.3 Å². The van der Waals surface area contributed by atoms with E-state index in [0.717, 1.165) is 11.3 Å². The number of amides is 2. The van der Waals surface area contributed by atoms with E-state index >= 15 is 0 Å². The maximum atomic E-state index is 12.0. The molecule has 0 saturated heterocycles. The lowest BCUT2D eigenvalue weighted by Gasteiger charge is -2.31. The average Bonchev–Trinajstić information content (AvgIpc) is 3.03. The number of nitrogens with zero attached hydrogens (tertiary/aromatic N) is 2. The van der Waals surface area contributed by atoms with Gasteiger partial charge >= 0.3 is 0 Å². The van der Waals surface area contributed by atoms with Crippen LogP contribution in [0.3, 0.4) is 0 Å². The number of nitrogens with one attached hydrogen (secondary N) is 1. The van der Waals surface area contributed by atoms with Gasteiger partial charge in [0.15, 0.2) is 6.39 Å². The molecule has 0 aliphatic carbocycles. The van der Waals surface area contributed by atoms with Crippen molar-refractivity contribution in [3.63, 3.8) is 0 Å². The van der Waals surface area contributed by atoms with Crippen molar-refractivity contribution < 1.29 is 14.0 Å². The summed E-state index contributed by atoms with van der Waals surface area (Å²) >= 11 is 0. The molecule has 1 N–H and O–H groups in total. The quantitative estimate of drug-likeness (QED) is 0.928. The molecular formula is C15H15N3O3. The summed E-state index contributed by atoms with van der Waals surface area (Å²) in [5, 5.41) is 2.79. The van der Waals surface area contributed by atoms with Crippen molar-refractivity contribution in [3.05, 3.63) is 48.2 Å². The van der Waals surface area contributed by atoms with Gasteiger partial charge in [-0.05, 0) is 11.6 Å². The lowest BCUT2D eigenvalue weighted by molar-refractivity contribution is -0.119. The summed E-state index contributed by atoms with van der Waals surface area (Å²) in [4.78, 5) is 29.3. The number of carbonyl (C=O) groups is 2. The molecule has 6 heteroatoms. The number of carbonyl (C=O) groups excluding carboxylic acids is 2. The van der Waals surface area contributed by atoms with Gasteiger partial charge in [-0.25, -0.2) is 4.98 Å². The monoisotopic (exact) mass is 285 g/mol. The highest BCUT2D eigenvalue weighted by molar-refractivity contribution is 5.97. The third-order valence-corrected chi connectivity index (χ3v) is 3.70. The van der Waals surface area contributed by atoms with Gasteiger partial charge in [0.2, 0.25) is 11.7 Å². The van der Waals surface area contributed by atoms with Gasteiger partial charge in [0.1, 0.15) is 0 Å². The van der Waals surface area contributed by atoms with E-state index < -0.39 is 0 Å². The fourth-order valence-electron chi connectivity index (χ4n) is 2.54. The molecule has 2 aromatic rings. The third kappa shape index (κ3) is 2.52. The number of aromatic nitrogens is 1. The van der Waals surface area contributed by atoms with Crippen molar-refractivity contribution in [1.29, 1.82) is 0 Å². The Hall–Kier alpha value is -2.63. The van der Waals surface area contributed by atoms with Crippen LogP contribution in [0.15, 0.2) is 41.3 Å². The molecule has 2 amide bonds. The first-order chi connectivity index (χ1) is 10.2. The highest BCUT2D eigenvalue weighted by Gasteiger charge is 2.29. The first-order valence-electron chi connectivity index (χ1n) is 6.69. The van der Waals surface area contributed by atoms with Crippen LogP contribution < -0.4 is 10.2 Å². The Morgan fingerprint density at radius 3 is 3.05 bits per heavy atom. The fraction of sp³-hybridized carbons (Fsp3) is 0.267. The van der Waals surface area contributed by atoms with Crippen LogP contribution in [0.1, 0.15) is 28.5 Å². The second kappa shape index (κ2) is 5.40. The summed E-state index contributed by atoms with van der Waals surface area (Å²) in [6.07, 6.45) is 2.95. The van der Waals surface area contributed by atoms with Gasteiger partial charge < -0.3 is 14.6 Å². The fourth-order valence-corrected chi connectivity index (χ4v) is 2.54. The number of anilines is 1.